The summed E-state index contributed by atoms with van der Waals surface area (Å²) in [5.74, 6) is -0.881. The van der Waals surface area contributed by atoms with Crippen LogP contribution in [0.1, 0.15) is 284 Å². The highest BCUT2D eigenvalue weighted by Crippen LogP contribution is 2.16. The highest BCUT2D eigenvalue weighted by molar-refractivity contribution is 5.71. The average Bonchev–Trinajstić information content (AvgIpc) is 3.36. The Balaban J connectivity index is 3.93. The summed E-state index contributed by atoms with van der Waals surface area (Å²) in [7, 11) is 0. The number of carbonyl (C=O) groups excluding carboxylic acids is 3. The second-order valence-corrected chi connectivity index (χ2v) is 19.5. The van der Waals surface area contributed by atoms with Crippen LogP contribution in [-0.2, 0) is 28.6 Å². The lowest BCUT2D eigenvalue weighted by molar-refractivity contribution is -0.167. The molecule has 0 rings (SSSR count). The highest BCUT2D eigenvalue weighted by atomic mass is 16.6. The van der Waals surface area contributed by atoms with E-state index in [0.717, 1.165) is 109 Å². The van der Waals surface area contributed by atoms with Crippen molar-refractivity contribution < 1.29 is 28.6 Å². The number of unbranched alkanes of at least 4 members (excludes halogenated alkanes) is 28. The summed E-state index contributed by atoms with van der Waals surface area (Å²) in [4.78, 5) is 37.7. The average molecular weight is 976 g/mol. The monoisotopic (exact) mass is 975 g/mol. The summed E-state index contributed by atoms with van der Waals surface area (Å²) < 4.78 is 16.7. The van der Waals surface area contributed by atoms with Crippen LogP contribution in [0.25, 0.3) is 0 Å². The van der Waals surface area contributed by atoms with Crippen molar-refractivity contribution in [2.45, 2.75) is 290 Å². The van der Waals surface area contributed by atoms with Gasteiger partial charge in [0.1, 0.15) is 13.2 Å². The first kappa shape index (κ1) is 66.6. The Morgan fingerprint density at radius 1 is 0.300 bits per heavy atom. The number of allylic oxidation sites excluding steroid dienone is 14. The fraction of sp³-hybridized carbons (Fsp3) is 0.734. The predicted octanol–water partition coefficient (Wildman–Crippen LogP) is 19.9. The van der Waals surface area contributed by atoms with Crippen molar-refractivity contribution in [3.63, 3.8) is 0 Å². The van der Waals surface area contributed by atoms with Crippen LogP contribution in [-0.4, -0.2) is 37.2 Å². The molecule has 0 aliphatic carbocycles. The van der Waals surface area contributed by atoms with E-state index in [4.69, 9.17) is 14.2 Å². The summed E-state index contributed by atoms with van der Waals surface area (Å²) in [6.45, 7) is 6.45. The van der Waals surface area contributed by atoms with E-state index in [2.05, 4.69) is 106 Å². The first-order valence-corrected chi connectivity index (χ1v) is 29.6. The first-order chi connectivity index (χ1) is 34.5. The fourth-order valence-corrected chi connectivity index (χ4v) is 8.25. The van der Waals surface area contributed by atoms with Gasteiger partial charge in [0.2, 0.25) is 0 Å². The van der Waals surface area contributed by atoms with E-state index >= 15 is 0 Å². The van der Waals surface area contributed by atoms with Gasteiger partial charge in [0.25, 0.3) is 0 Å². The normalized spacial score (nSPS) is 12.7. The van der Waals surface area contributed by atoms with E-state index in [1.54, 1.807) is 0 Å². The lowest BCUT2D eigenvalue weighted by Crippen LogP contribution is -2.30. The third-order valence-electron chi connectivity index (χ3n) is 12.7. The second-order valence-electron chi connectivity index (χ2n) is 19.5. The quantitative estimate of drug-likeness (QED) is 0.0261. The molecule has 0 aromatic rings. The number of carbonyl (C=O) groups is 3. The summed E-state index contributed by atoms with van der Waals surface area (Å²) in [6.07, 6.45) is 76.4. The summed E-state index contributed by atoms with van der Waals surface area (Å²) >= 11 is 0. The molecule has 0 saturated carbocycles. The van der Waals surface area contributed by atoms with Gasteiger partial charge in [-0.3, -0.25) is 14.4 Å². The molecule has 0 N–H and O–H groups in total. The van der Waals surface area contributed by atoms with Gasteiger partial charge < -0.3 is 14.2 Å². The number of ether oxygens (including phenoxy) is 3. The molecular formula is C64H110O6. The zero-order chi connectivity index (χ0) is 50.7. The van der Waals surface area contributed by atoms with Crippen molar-refractivity contribution in [3.05, 3.63) is 85.1 Å². The summed E-state index contributed by atoms with van der Waals surface area (Å²) in [6, 6.07) is 0. The molecule has 0 radical (unpaired) electrons. The maximum Gasteiger partial charge on any atom is 0.306 e. The van der Waals surface area contributed by atoms with E-state index in [1.807, 2.05) is 0 Å². The third-order valence-corrected chi connectivity index (χ3v) is 12.7. The molecule has 70 heavy (non-hydrogen) atoms. The van der Waals surface area contributed by atoms with Crippen molar-refractivity contribution in [1.82, 2.24) is 0 Å². The van der Waals surface area contributed by atoms with Gasteiger partial charge in [0.05, 0.1) is 0 Å². The van der Waals surface area contributed by atoms with Gasteiger partial charge in [-0.05, 0) is 77.0 Å². The van der Waals surface area contributed by atoms with Gasteiger partial charge in [-0.15, -0.1) is 0 Å². The zero-order valence-electron chi connectivity index (χ0n) is 46.0. The van der Waals surface area contributed by atoms with Crippen LogP contribution in [0.3, 0.4) is 0 Å². The molecule has 0 heterocycles. The van der Waals surface area contributed by atoms with Gasteiger partial charge in [-0.1, -0.05) is 273 Å². The second kappa shape index (κ2) is 58.2. The van der Waals surface area contributed by atoms with Crippen LogP contribution in [0.4, 0.5) is 0 Å². The molecule has 1 atom stereocenters. The molecular weight excluding hydrogens is 865 g/mol. The molecule has 0 aliphatic rings. The molecule has 6 nitrogen and oxygen atoms in total. The van der Waals surface area contributed by atoms with Crippen molar-refractivity contribution in [1.29, 1.82) is 0 Å². The molecule has 402 valence electrons. The van der Waals surface area contributed by atoms with Crippen molar-refractivity contribution in [2.24, 2.45) is 0 Å². The van der Waals surface area contributed by atoms with Crippen LogP contribution >= 0.6 is 0 Å². The van der Waals surface area contributed by atoms with Crippen molar-refractivity contribution >= 4 is 17.9 Å². The van der Waals surface area contributed by atoms with Crippen LogP contribution in [0, 0.1) is 0 Å². The Hall–Kier alpha value is -3.41. The van der Waals surface area contributed by atoms with E-state index < -0.39 is 6.10 Å². The lowest BCUT2D eigenvalue weighted by Gasteiger charge is -2.18. The van der Waals surface area contributed by atoms with Gasteiger partial charge in [0, 0.05) is 19.3 Å². The van der Waals surface area contributed by atoms with Gasteiger partial charge in [-0.25, -0.2) is 0 Å². The molecule has 0 amide bonds. The Morgan fingerprint density at radius 2 is 0.557 bits per heavy atom. The molecule has 6 heteroatoms. The predicted molar refractivity (Wildman–Crippen MR) is 302 cm³/mol. The smallest absolute Gasteiger partial charge is 0.306 e. The molecule has 0 aromatic carbocycles. The van der Waals surface area contributed by atoms with E-state index in [9.17, 15) is 14.4 Å². The number of hydrogen-bond donors (Lipinski definition) is 0. The first-order valence-electron chi connectivity index (χ1n) is 29.6. The standard InChI is InChI=1S/C64H110O6/c1-4-7-10-13-15-17-19-21-22-23-24-25-26-27-28-29-30-31-32-33-34-35-36-37-38-39-40-41-42-43-45-46-48-51-54-57-63(66)69-60-61(59-68-62(65)56-53-50-12-9-6-3)70-64(67)58-55-52-49-47-44-20-18-16-14-11-8-5-2/h7,10,15,17,21-22,24-25,27-28,30-31,33-34,61H,4-6,8-9,11-14,16,18-20,23,26,29,32,35-60H2,1-3H3/b10-7-,17-15-,22-21-,25-24-,28-27-,31-30-,34-33-. The van der Waals surface area contributed by atoms with Gasteiger partial charge in [0.15, 0.2) is 6.10 Å². The minimum atomic E-state index is -0.768. The number of hydrogen-bond acceptors (Lipinski definition) is 6. The van der Waals surface area contributed by atoms with Crippen LogP contribution in [0.15, 0.2) is 85.1 Å². The van der Waals surface area contributed by atoms with Crippen LogP contribution in [0.5, 0.6) is 0 Å². The molecule has 0 aromatic heterocycles. The maximum absolute atomic E-state index is 12.7. The Labute approximate surface area is 433 Å². The molecule has 0 fully saturated rings. The van der Waals surface area contributed by atoms with E-state index in [0.29, 0.717) is 19.3 Å². The van der Waals surface area contributed by atoms with Crippen LogP contribution < -0.4 is 0 Å². The SMILES string of the molecule is CC/C=C\C/C=C\C/C=C\C/C=C\C/C=C\C/C=C\C/C=C\CCCCCCCCCCCCCCCC(=O)OCC(COC(=O)CCCCCCC)OC(=O)CCCCCCCCCCCCCC. The fourth-order valence-electron chi connectivity index (χ4n) is 8.25. The number of esters is 3. The minimum absolute atomic E-state index is 0.0730. The topological polar surface area (TPSA) is 78.9 Å². The Bertz CT molecular complexity index is 1350. The largest absolute Gasteiger partial charge is 0.462 e. The lowest BCUT2D eigenvalue weighted by atomic mass is 10.0. The van der Waals surface area contributed by atoms with Crippen molar-refractivity contribution in [3.8, 4) is 0 Å². The Kier molecular flexibility index (Phi) is 55.3. The summed E-state index contributed by atoms with van der Waals surface area (Å²) in [5, 5.41) is 0. The maximum atomic E-state index is 12.7. The molecule has 0 saturated heterocycles. The minimum Gasteiger partial charge on any atom is -0.462 e. The van der Waals surface area contributed by atoms with Crippen molar-refractivity contribution in [2.75, 3.05) is 13.2 Å². The molecule has 0 aliphatic heterocycles. The van der Waals surface area contributed by atoms with Gasteiger partial charge >= 0.3 is 17.9 Å². The highest BCUT2D eigenvalue weighted by Gasteiger charge is 2.19. The number of rotatable bonds is 53. The van der Waals surface area contributed by atoms with Crippen LogP contribution in [0.2, 0.25) is 0 Å². The van der Waals surface area contributed by atoms with E-state index in [1.165, 1.54) is 135 Å². The molecule has 0 bridgehead atoms. The van der Waals surface area contributed by atoms with Gasteiger partial charge in [-0.2, -0.15) is 0 Å². The molecule has 0 spiro atoms. The molecule has 1 unspecified atom stereocenters. The Morgan fingerprint density at radius 3 is 0.871 bits per heavy atom. The third kappa shape index (κ3) is 55.5. The zero-order valence-corrected chi connectivity index (χ0v) is 46.0. The summed E-state index contributed by atoms with van der Waals surface area (Å²) in [5.41, 5.74) is 0. The van der Waals surface area contributed by atoms with E-state index in [-0.39, 0.29) is 31.1 Å².